The molecule has 0 aliphatic heterocycles. The molecule has 0 bridgehead atoms. The van der Waals surface area contributed by atoms with E-state index in [0.29, 0.717) is 42.6 Å². The van der Waals surface area contributed by atoms with Crippen molar-refractivity contribution in [3.05, 3.63) is 29.8 Å². The molecule has 0 unspecified atom stereocenters. The SMILES string of the molecule is CCOCCc1noc(-c2ccnc(C#N)c2)n1. The topological polar surface area (TPSA) is 84.8 Å². The molecule has 0 fully saturated rings. The molecule has 2 aromatic heterocycles. The van der Waals surface area contributed by atoms with Gasteiger partial charge in [0.25, 0.3) is 5.89 Å². The maximum atomic E-state index is 8.76. The van der Waals surface area contributed by atoms with Crippen LogP contribution in [0.15, 0.2) is 22.9 Å². The summed E-state index contributed by atoms with van der Waals surface area (Å²) in [5, 5.41) is 12.6. The molecule has 0 saturated carbocycles. The molecule has 0 amide bonds. The van der Waals surface area contributed by atoms with Gasteiger partial charge in [0.1, 0.15) is 11.8 Å². The van der Waals surface area contributed by atoms with Crippen LogP contribution >= 0.6 is 0 Å². The first-order valence-electron chi connectivity index (χ1n) is 5.60. The van der Waals surface area contributed by atoms with Gasteiger partial charge in [-0.1, -0.05) is 5.16 Å². The molecule has 0 aliphatic carbocycles. The zero-order valence-electron chi connectivity index (χ0n) is 9.96. The summed E-state index contributed by atoms with van der Waals surface area (Å²) in [5.41, 5.74) is 1.01. The Kier molecular flexibility index (Phi) is 3.99. The smallest absolute Gasteiger partial charge is 0.258 e. The van der Waals surface area contributed by atoms with Crippen molar-refractivity contribution in [2.75, 3.05) is 13.2 Å². The van der Waals surface area contributed by atoms with Crippen molar-refractivity contribution >= 4 is 0 Å². The molecule has 0 radical (unpaired) electrons. The maximum absolute atomic E-state index is 8.76. The van der Waals surface area contributed by atoms with E-state index in [1.807, 2.05) is 13.0 Å². The van der Waals surface area contributed by atoms with Gasteiger partial charge in [0.05, 0.1) is 6.61 Å². The number of pyridine rings is 1. The van der Waals surface area contributed by atoms with Crippen LogP contribution in [-0.2, 0) is 11.2 Å². The molecule has 92 valence electrons. The van der Waals surface area contributed by atoms with Crippen LogP contribution in [0.1, 0.15) is 18.4 Å². The number of hydrogen-bond acceptors (Lipinski definition) is 6. The summed E-state index contributed by atoms with van der Waals surface area (Å²) < 4.78 is 10.3. The Morgan fingerprint density at radius 2 is 2.39 bits per heavy atom. The van der Waals surface area contributed by atoms with E-state index >= 15 is 0 Å². The van der Waals surface area contributed by atoms with Crippen LogP contribution in [0.2, 0.25) is 0 Å². The predicted molar refractivity (Wildman–Crippen MR) is 62.4 cm³/mol. The number of hydrogen-bond donors (Lipinski definition) is 0. The lowest BCUT2D eigenvalue weighted by atomic mass is 10.2. The van der Waals surface area contributed by atoms with Crippen LogP contribution < -0.4 is 0 Å². The first kappa shape index (κ1) is 12.2. The van der Waals surface area contributed by atoms with Crippen LogP contribution in [0.4, 0.5) is 0 Å². The van der Waals surface area contributed by atoms with Crippen molar-refractivity contribution in [1.29, 1.82) is 5.26 Å². The van der Waals surface area contributed by atoms with Crippen molar-refractivity contribution in [1.82, 2.24) is 15.1 Å². The minimum atomic E-state index is 0.321. The first-order valence-corrected chi connectivity index (χ1v) is 5.60. The van der Waals surface area contributed by atoms with Gasteiger partial charge in [-0.15, -0.1) is 0 Å². The van der Waals surface area contributed by atoms with Gasteiger partial charge in [0.2, 0.25) is 0 Å². The van der Waals surface area contributed by atoms with E-state index in [1.165, 1.54) is 6.20 Å². The zero-order valence-corrected chi connectivity index (χ0v) is 9.96. The molecule has 0 atom stereocenters. The summed E-state index contributed by atoms with van der Waals surface area (Å²) in [4.78, 5) is 8.11. The quantitative estimate of drug-likeness (QED) is 0.742. The molecule has 18 heavy (non-hydrogen) atoms. The minimum absolute atomic E-state index is 0.321. The van der Waals surface area contributed by atoms with Crippen molar-refractivity contribution in [2.45, 2.75) is 13.3 Å². The Balaban J connectivity index is 2.11. The average Bonchev–Trinajstić information content (AvgIpc) is 2.88. The molecular formula is C12H12N4O2. The number of aromatic nitrogens is 3. The van der Waals surface area contributed by atoms with Gasteiger partial charge in [-0.3, -0.25) is 0 Å². The molecule has 0 spiro atoms. The second kappa shape index (κ2) is 5.89. The molecule has 0 saturated heterocycles. The van der Waals surface area contributed by atoms with Gasteiger partial charge in [0, 0.05) is 24.8 Å². The summed E-state index contributed by atoms with van der Waals surface area (Å²) in [6.07, 6.45) is 2.14. The van der Waals surface area contributed by atoms with Crippen LogP contribution in [0.25, 0.3) is 11.5 Å². The lowest BCUT2D eigenvalue weighted by molar-refractivity contribution is 0.149. The van der Waals surface area contributed by atoms with E-state index in [1.54, 1.807) is 12.1 Å². The van der Waals surface area contributed by atoms with Gasteiger partial charge in [-0.05, 0) is 19.1 Å². The Morgan fingerprint density at radius 3 is 3.17 bits per heavy atom. The second-order valence-electron chi connectivity index (χ2n) is 3.50. The van der Waals surface area contributed by atoms with E-state index in [0.717, 1.165) is 0 Å². The van der Waals surface area contributed by atoms with Gasteiger partial charge < -0.3 is 9.26 Å². The number of nitriles is 1. The summed E-state index contributed by atoms with van der Waals surface area (Å²) in [6, 6.07) is 5.30. The maximum Gasteiger partial charge on any atom is 0.258 e. The fraction of sp³-hybridized carbons (Fsp3) is 0.333. The normalized spacial score (nSPS) is 10.2. The lowest BCUT2D eigenvalue weighted by Gasteiger charge is -1.95. The van der Waals surface area contributed by atoms with Crippen LogP contribution in [0.3, 0.4) is 0 Å². The van der Waals surface area contributed by atoms with Crippen molar-refractivity contribution in [3.63, 3.8) is 0 Å². The first-order chi connectivity index (χ1) is 8.83. The Hall–Kier alpha value is -2.26. The predicted octanol–water partition coefficient (Wildman–Crippen LogP) is 1.58. The van der Waals surface area contributed by atoms with Crippen LogP contribution in [0, 0.1) is 11.3 Å². The number of ether oxygens (including phenoxy) is 1. The second-order valence-corrected chi connectivity index (χ2v) is 3.50. The molecular weight excluding hydrogens is 232 g/mol. The molecule has 0 aromatic carbocycles. The fourth-order valence-electron chi connectivity index (χ4n) is 1.41. The third kappa shape index (κ3) is 2.90. The molecule has 0 aliphatic rings. The van der Waals surface area contributed by atoms with Crippen LogP contribution in [-0.4, -0.2) is 28.3 Å². The Labute approximate surface area is 104 Å². The van der Waals surface area contributed by atoms with E-state index < -0.39 is 0 Å². The lowest BCUT2D eigenvalue weighted by Crippen LogP contribution is -1.99. The Morgan fingerprint density at radius 1 is 1.50 bits per heavy atom. The molecule has 6 nitrogen and oxygen atoms in total. The van der Waals surface area contributed by atoms with Gasteiger partial charge >= 0.3 is 0 Å². The highest BCUT2D eigenvalue weighted by molar-refractivity contribution is 5.53. The van der Waals surface area contributed by atoms with Crippen molar-refractivity contribution in [2.24, 2.45) is 0 Å². The highest BCUT2D eigenvalue weighted by Crippen LogP contribution is 2.17. The third-order valence-corrected chi connectivity index (χ3v) is 2.26. The average molecular weight is 244 g/mol. The van der Waals surface area contributed by atoms with E-state index in [9.17, 15) is 0 Å². The van der Waals surface area contributed by atoms with E-state index in [4.69, 9.17) is 14.5 Å². The van der Waals surface area contributed by atoms with E-state index in [2.05, 4.69) is 15.1 Å². The van der Waals surface area contributed by atoms with E-state index in [-0.39, 0.29) is 0 Å². The molecule has 0 N–H and O–H groups in total. The van der Waals surface area contributed by atoms with Gasteiger partial charge in [0.15, 0.2) is 5.82 Å². The number of rotatable bonds is 5. The summed E-state index contributed by atoms with van der Waals surface area (Å²) >= 11 is 0. The summed E-state index contributed by atoms with van der Waals surface area (Å²) in [5.74, 6) is 0.981. The molecule has 6 heteroatoms. The van der Waals surface area contributed by atoms with Crippen molar-refractivity contribution in [3.8, 4) is 17.5 Å². The standard InChI is InChI=1S/C12H12N4O2/c1-2-17-6-4-11-15-12(18-16-11)9-3-5-14-10(7-9)8-13/h3,5,7H,2,4,6H2,1H3. The fourth-order valence-corrected chi connectivity index (χ4v) is 1.41. The van der Waals surface area contributed by atoms with Crippen LogP contribution in [0.5, 0.6) is 0 Å². The Bertz CT molecular complexity index is 559. The summed E-state index contributed by atoms with van der Waals surface area (Å²) in [7, 11) is 0. The highest BCUT2D eigenvalue weighted by Gasteiger charge is 2.09. The summed E-state index contributed by atoms with van der Waals surface area (Å²) in [6.45, 7) is 3.16. The number of nitrogens with zero attached hydrogens (tertiary/aromatic N) is 4. The largest absolute Gasteiger partial charge is 0.381 e. The van der Waals surface area contributed by atoms with Gasteiger partial charge in [-0.2, -0.15) is 10.2 Å². The third-order valence-electron chi connectivity index (χ3n) is 2.26. The molecule has 2 aromatic rings. The molecule has 2 rings (SSSR count). The highest BCUT2D eigenvalue weighted by atomic mass is 16.5. The van der Waals surface area contributed by atoms with Crippen molar-refractivity contribution < 1.29 is 9.26 Å². The zero-order chi connectivity index (χ0) is 12.8. The van der Waals surface area contributed by atoms with Gasteiger partial charge in [-0.25, -0.2) is 4.98 Å². The molecule has 2 heterocycles. The minimum Gasteiger partial charge on any atom is -0.381 e. The monoisotopic (exact) mass is 244 g/mol.